The summed E-state index contributed by atoms with van der Waals surface area (Å²) in [5, 5.41) is 6.71. The minimum Gasteiger partial charge on any atom is -0.324 e. The molecule has 2 heterocycles. The molecule has 7 nitrogen and oxygen atoms in total. The van der Waals surface area contributed by atoms with E-state index in [-0.39, 0.29) is 30.9 Å². The molecule has 2 aromatic carbocycles. The van der Waals surface area contributed by atoms with Gasteiger partial charge >= 0.3 is 6.03 Å². The number of nitrogens with one attached hydrogen (secondary N) is 2. The summed E-state index contributed by atoms with van der Waals surface area (Å²) in [6, 6.07) is 13.2. The van der Waals surface area contributed by atoms with Crippen LogP contribution >= 0.6 is 11.6 Å². The van der Waals surface area contributed by atoms with Crippen molar-refractivity contribution in [1.82, 2.24) is 15.1 Å². The molecule has 0 radical (unpaired) electrons. The number of benzene rings is 2. The smallest absolute Gasteiger partial charge is 0.324 e. The van der Waals surface area contributed by atoms with E-state index in [9.17, 15) is 14.4 Å². The molecule has 31 heavy (non-hydrogen) atoms. The van der Waals surface area contributed by atoms with Gasteiger partial charge in [-0.3, -0.25) is 14.5 Å². The van der Waals surface area contributed by atoms with Crippen LogP contribution in [0.25, 0.3) is 0 Å². The van der Waals surface area contributed by atoms with Gasteiger partial charge in [-0.1, -0.05) is 41.9 Å². The molecule has 2 unspecified atom stereocenters. The van der Waals surface area contributed by atoms with Crippen molar-refractivity contribution in [2.45, 2.75) is 38.4 Å². The molecule has 0 aliphatic carbocycles. The monoisotopic (exact) mass is 440 g/mol. The number of halogens is 1. The van der Waals surface area contributed by atoms with Crippen molar-refractivity contribution in [1.29, 1.82) is 0 Å². The summed E-state index contributed by atoms with van der Waals surface area (Å²) in [6.07, 6.45) is 1.52. The van der Waals surface area contributed by atoms with E-state index in [1.54, 1.807) is 24.3 Å². The van der Waals surface area contributed by atoms with Gasteiger partial charge in [0.15, 0.2) is 0 Å². The van der Waals surface area contributed by atoms with E-state index in [4.69, 9.17) is 11.6 Å². The number of rotatable bonds is 5. The van der Waals surface area contributed by atoms with Crippen molar-refractivity contribution >= 4 is 35.1 Å². The van der Waals surface area contributed by atoms with Crippen LogP contribution in [0.15, 0.2) is 48.5 Å². The summed E-state index contributed by atoms with van der Waals surface area (Å²) < 4.78 is 0. The molecule has 2 fully saturated rings. The average Bonchev–Trinajstić information content (AvgIpc) is 2.77. The second kappa shape index (κ2) is 9.08. The second-order valence-electron chi connectivity index (χ2n) is 7.97. The molecule has 0 spiro atoms. The van der Waals surface area contributed by atoms with Gasteiger partial charge in [-0.2, -0.15) is 0 Å². The fraction of sp³-hybridized carbons (Fsp3) is 0.348. The third-order valence-corrected chi connectivity index (χ3v) is 6.07. The molecule has 2 atom stereocenters. The fourth-order valence-electron chi connectivity index (χ4n) is 4.18. The maximum atomic E-state index is 13.3. The number of amides is 4. The van der Waals surface area contributed by atoms with Crippen molar-refractivity contribution in [3.05, 3.63) is 64.7 Å². The second-order valence-corrected chi connectivity index (χ2v) is 8.40. The number of carbonyl (C=O) groups excluding carboxylic acids is 3. The minimum absolute atomic E-state index is 0.111. The Bertz CT molecular complexity index is 995. The molecule has 4 rings (SSSR count). The van der Waals surface area contributed by atoms with Crippen molar-refractivity contribution in [3.8, 4) is 0 Å². The summed E-state index contributed by atoms with van der Waals surface area (Å²) in [5.41, 5.74) is 2.45. The maximum Gasteiger partial charge on any atom is 0.327 e. The summed E-state index contributed by atoms with van der Waals surface area (Å²) in [6.45, 7) is 2.64. The lowest BCUT2D eigenvalue weighted by Gasteiger charge is -2.46. The van der Waals surface area contributed by atoms with Crippen molar-refractivity contribution in [2.24, 2.45) is 0 Å². The zero-order chi connectivity index (χ0) is 22.0. The number of fused-ring (bicyclic) bond motifs is 1. The van der Waals surface area contributed by atoms with Crippen LogP contribution in [0.5, 0.6) is 0 Å². The SMILES string of the molecule is Cc1ccccc1NC(=O)CN1C(=O)N(Cc2ccc(Cl)cc2)C(=O)C2NCCCC21. The van der Waals surface area contributed by atoms with Crippen molar-refractivity contribution in [3.63, 3.8) is 0 Å². The van der Waals surface area contributed by atoms with Gasteiger partial charge in [-0.05, 0) is 55.6 Å². The molecule has 2 N–H and O–H groups in total. The number of hydrogen-bond acceptors (Lipinski definition) is 4. The Labute approximate surface area is 186 Å². The number of carbonyl (C=O) groups is 3. The molecule has 8 heteroatoms. The van der Waals surface area contributed by atoms with Crippen molar-refractivity contribution < 1.29 is 14.4 Å². The topological polar surface area (TPSA) is 81.8 Å². The summed E-state index contributed by atoms with van der Waals surface area (Å²) in [7, 11) is 0. The normalized spacial score (nSPS) is 21.1. The molecule has 2 aromatic rings. The Kier molecular flexibility index (Phi) is 6.25. The first-order chi connectivity index (χ1) is 14.9. The molecular formula is C23H25ClN4O3. The number of para-hydroxylation sites is 1. The third kappa shape index (κ3) is 4.57. The molecule has 0 bridgehead atoms. The van der Waals surface area contributed by atoms with Crippen molar-refractivity contribution in [2.75, 3.05) is 18.4 Å². The third-order valence-electron chi connectivity index (χ3n) is 5.82. The van der Waals surface area contributed by atoms with Crippen LogP contribution < -0.4 is 10.6 Å². The predicted molar refractivity (Wildman–Crippen MR) is 119 cm³/mol. The number of aryl methyl sites for hydroxylation is 1. The van der Waals surface area contributed by atoms with E-state index >= 15 is 0 Å². The Morgan fingerprint density at radius 2 is 1.90 bits per heavy atom. The van der Waals surface area contributed by atoms with Gasteiger partial charge in [0.05, 0.1) is 12.6 Å². The first-order valence-corrected chi connectivity index (χ1v) is 10.8. The largest absolute Gasteiger partial charge is 0.327 e. The van der Waals surface area contributed by atoms with Gasteiger partial charge in [0, 0.05) is 10.7 Å². The van der Waals surface area contributed by atoms with E-state index in [2.05, 4.69) is 10.6 Å². The number of urea groups is 1. The van der Waals surface area contributed by atoms with Gasteiger partial charge < -0.3 is 15.5 Å². The van der Waals surface area contributed by atoms with Gasteiger partial charge in [0.2, 0.25) is 11.8 Å². The quantitative estimate of drug-likeness (QED) is 0.748. The zero-order valence-electron chi connectivity index (χ0n) is 17.3. The highest BCUT2D eigenvalue weighted by molar-refractivity contribution is 6.30. The zero-order valence-corrected chi connectivity index (χ0v) is 18.1. The van der Waals surface area contributed by atoms with E-state index in [1.165, 1.54) is 9.80 Å². The summed E-state index contributed by atoms with van der Waals surface area (Å²) >= 11 is 5.95. The number of anilines is 1. The number of imide groups is 1. The standard InChI is InChI=1S/C23H25ClN4O3/c1-15-5-2-3-6-18(15)26-20(29)14-27-19-7-4-12-25-21(19)22(30)28(23(27)31)13-16-8-10-17(24)11-9-16/h2-3,5-6,8-11,19,21,25H,4,7,12-14H2,1H3,(H,26,29). The molecular weight excluding hydrogens is 416 g/mol. The summed E-state index contributed by atoms with van der Waals surface area (Å²) in [5.74, 6) is -0.534. The van der Waals surface area contributed by atoms with E-state index in [1.807, 2.05) is 31.2 Å². The van der Waals surface area contributed by atoms with E-state index in [0.717, 1.165) is 17.5 Å². The molecule has 2 aliphatic heterocycles. The Balaban J connectivity index is 1.55. The lowest BCUT2D eigenvalue weighted by Crippen LogP contribution is -2.70. The van der Waals surface area contributed by atoms with Crippen LogP contribution in [0.1, 0.15) is 24.0 Å². The highest BCUT2D eigenvalue weighted by Crippen LogP contribution is 2.26. The molecule has 4 amide bonds. The molecule has 2 saturated heterocycles. The lowest BCUT2D eigenvalue weighted by molar-refractivity contribution is -0.138. The number of hydrogen-bond donors (Lipinski definition) is 2. The van der Waals surface area contributed by atoms with E-state index in [0.29, 0.717) is 23.7 Å². The average molecular weight is 441 g/mol. The molecule has 2 aliphatic rings. The predicted octanol–water partition coefficient (Wildman–Crippen LogP) is 3.17. The number of piperidine rings is 1. The molecule has 0 aromatic heterocycles. The fourth-order valence-corrected chi connectivity index (χ4v) is 4.30. The number of nitrogens with zero attached hydrogens (tertiary/aromatic N) is 2. The molecule has 0 saturated carbocycles. The van der Waals surface area contributed by atoms with Crippen LogP contribution in [-0.4, -0.2) is 52.8 Å². The highest BCUT2D eigenvalue weighted by Gasteiger charge is 2.47. The first-order valence-electron chi connectivity index (χ1n) is 10.4. The molecule has 162 valence electrons. The summed E-state index contributed by atoms with van der Waals surface area (Å²) in [4.78, 5) is 42.0. The van der Waals surface area contributed by atoms with Crippen LogP contribution in [-0.2, 0) is 16.1 Å². The Hall–Kier alpha value is -2.90. The van der Waals surface area contributed by atoms with Gasteiger partial charge in [0.25, 0.3) is 0 Å². The lowest BCUT2D eigenvalue weighted by atomic mass is 9.93. The maximum absolute atomic E-state index is 13.3. The highest BCUT2D eigenvalue weighted by atomic mass is 35.5. The van der Waals surface area contributed by atoms with Crippen LogP contribution in [0.2, 0.25) is 5.02 Å². The van der Waals surface area contributed by atoms with E-state index < -0.39 is 12.1 Å². The Morgan fingerprint density at radius 1 is 1.16 bits per heavy atom. The Morgan fingerprint density at radius 3 is 2.65 bits per heavy atom. The minimum atomic E-state index is -0.509. The van der Waals surface area contributed by atoms with Gasteiger partial charge in [-0.15, -0.1) is 0 Å². The van der Waals surface area contributed by atoms with Crippen LogP contribution in [0.4, 0.5) is 10.5 Å². The van der Waals surface area contributed by atoms with Crippen LogP contribution in [0, 0.1) is 6.92 Å². The van der Waals surface area contributed by atoms with Crippen LogP contribution in [0.3, 0.4) is 0 Å². The van der Waals surface area contributed by atoms with Gasteiger partial charge in [0.1, 0.15) is 12.6 Å². The first kappa shape index (κ1) is 21.3. The van der Waals surface area contributed by atoms with Gasteiger partial charge in [-0.25, -0.2) is 4.79 Å².